The third-order valence-electron chi connectivity index (χ3n) is 3.07. The fraction of sp³-hybridized carbons (Fsp3) is 0.357. The van der Waals surface area contributed by atoms with E-state index in [1.807, 2.05) is 23.9 Å². The van der Waals surface area contributed by atoms with E-state index < -0.39 is 0 Å². The van der Waals surface area contributed by atoms with E-state index in [1.54, 1.807) is 0 Å². The lowest BCUT2D eigenvalue weighted by Gasteiger charge is -2.12. The molecule has 114 valence electrons. The number of aromatic nitrogens is 2. The van der Waals surface area contributed by atoms with Gasteiger partial charge in [0.05, 0.1) is 24.8 Å². The van der Waals surface area contributed by atoms with E-state index >= 15 is 0 Å². The minimum Gasteiger partial charge on any atom is -0.485 e. The maximum atomic E-state index is 5.97. The second-order valence-corrected chi connectivity index (χ2v) is 7.56. The fourth-order valence-corrected chi connectivity index (χ4v) is 4.51. The van der Waals surface area contributed by atoms with Gasteiger partial charge in [-0.25, -0.2) is 0 Å². The molecule has 7 heteroatoms. The summed E-state index contributed by atoms with van der Waals surface area (Å²) in [6.45, 7) is 2.54. The van der Waals surface area contributed by atoms with Crippen LogP contribution in [0.25, 0.3) is 0 Å². The maximum absolute atomic E-state index is 5.97. The van der Waals surface area contributed by atoms with Crippen molar-refractivity contribution in [3.63, 3.8) is 0 Å². The van der Waals surface area contributed by atoms with Crippen molar-refractivity contribution in [2.75, 3.05) is 0 Å². The SMILES string of the molecule is CCc1nn(C)c(COc2c(Br)cc(CBr)cc2Br)c1Br. The number of aryl methyl sites for hydroxylation is 2. The standard InChI is InChI=1S/C14H14Br4N2O/c1-3-11-13(18)12(20(2)19-11)7-21-14-9(16)4-8(6-15)5-10(14)17/h4-5H,3,6-7H2,1-2H3. The Bertz CT molecular complexity index is 632. The first-order valence-electron chi connectivity index (χ1n) is 6.34. The Hall–Kier alpha value is 0.150. The molecule has 0 amide bonds. The fourth-order valence-electron chi connectivity index (χ4n) is 1.94. The van der Waals surface area contributed by atoms with Crippen molar-refractivity contribution in [1.29, 1.82) is 0 Å². The van der Waals surface area contributed by atoms with Gasteiger partial charge >= 0.3 is 0 Å². The molecule has 0 saturated heterocycles. The monoisotopic (exact) mass is 542 g/mol. The van der Waals surface area contributed by atoms with Gasteiger partial charge in [-0.15, -0.1) is 0 Å². The second-order valence-electron chi connectivity index (χ2n) is 4.50. The molecule has 0 atom stereocenters. The van der Waals surface area contributed by atoms with E-state index in [1.165, 1.54) is 5.56 Å². The van der Waals surface area contributed by atoms with E-state index in [2.05, 4.69) is 75.7 Å². The van der Waals surface area contributed by atoms with Crippen LogP contribution in [0.3, 0.4) is 0 Å². The number of rotatable bonds is 5. The molecule has 0 saturated carbocycles. The van der Waals surface area contributed by atoms with E-state index in [9.17, 15) is 0 Å². The van der Waals surface area contributed by atoms with Gasteiger partial charge in [0.15, 0.2) is 0 Å². The molecule has 0 unspecified atom stereocenters. The van der Waals surface area contributed by atoms with Gasteiger partial charge in [-0.3, -0.25) is 4.68 Å². The number of alkyl halides is 1. The highest BCUT2D eigenvalue weighted by atomic mass is 79.9. The van der Waals surface area contributed by atoms with Crippen LogP contribution < -0.4 is 4.74 Å². The molecule has 3 nitrogen and oxygen atoms in total. The van der Waals surface area contributed by atoms with Crippen LogP contribution in [0.5, 0.6) is 5.75 Å². The molecule has 21 heavy (non-hydrogen) atoms. The Morgan fingerprint density at radius 3 is 2.29 bits per heavy atom. The lowest BCUT2D eigenvalue weighted by molar-refractivity contribution is 0.290. The first kappa shape index (κ1) is 17.5. The van der Waals surface area contributed by atoms with Gasteiger partial charge in [-0.05, 0) is 71.9 Å². The van der Waals surface area contributed by atoms with E-state index in [0.717, 1.165) is 42.3 Å². The summed E-state index contributed by atoms with van der Waals surface area (Å²) in [7, 11) is 1.93. The largest absolute Gasteiger partial charge is 0.485 e. The minimum atomic E-state index is 0.453. The summed E-state index contributed by atoms with van der Waals surface area (Å²) < 4.78 is 10.7. The summed E-state index contributed by atoms with van der Waals surface area (Å²) in [5, 5.41) is 5.28. The van der Waals surface area contributed by atoms with Gasteiger partial charge in [0.1, 0.15) is 12.4 Å². The van der Waals surface area contributed by atoms with Crippen LogP contribution in [-0.2, 0) is 25.4 Å². The zero-order valence-corrected chi connectivity index (χ0v) is 17.9. The first-order chi connectivity index (χ1) is 9.97. The van der Waals surface area contributed by atoms with Crippen LogP contribution in [0, 0.1) is 0 Å². The van der Waals surface area contributed by atoms with Crippen molar-refractivity contribution in [2.45, 2.75) is 25.3 Å². The number of hydrogen-bond donors (Lipinski definition) is 0. The maximum Gasteiger partial charge on any atom is 0.148 e. The number of halogens is 4. The number of benzene rings is 1. The van der Waals surface area contributed by atoms with E-state index in [-0.39, 0.29) is 0 Å². The Morgan fingerprint density at radius 2 is 1.81 bits per heavy atom. The topological polar surface area (TPSA) is 27.1 Å². The highest BCUT2D eigenvalue weighted by Gasteiger charge is 2.15. The number of hydrogen-bond acceptors (Lipinski definition) is 2. The zero-order chi connectivity index (χ0) is 15.6. The van der Waals surface area contributed by atoms with Crippen molar-refractivity contribution in [2.24, 2.45) is 7.05 Å². The summed E-state index contributed by atoms with van der Waals surface area (Å²) in [5.41, 5.74) is 3.25. The molecule has 0 bridgehead atoms. The molecule has 1 heterocycles. The summed E-state index contributed by atoms with van der Waals surface area (Å²) in [6.07, 6.45) is 0.891. The summed E-state index contributed by atoms with van der Waals surface area (Å²) in [4.78, 5) is 0. The van der Waals surface area contributed by atoms with Crippen molar-refractivity contribution >= 4 is 63.7 Å². The zero-order valence-electron chi connectivity index (χ0n) is 11.6. The second kappa shape index (κ2) is 7.62. The predicted molar refractivity (Wildman–Crippen MR) is 99.1 cm³/mol. The van der Waals surface area contributed by atoms with Gasteiger partial charge in [0.25, 0.3) is 0 Å². The highest BCUT2D eigenvalue weighted by Crippen LogP contribution is 2.36. The Labute approximate surface area is 158 Å². The van der Waals surface area contributed by atoms with Gasteiger partial charge in [0.2, 0.25) is 0 Å². The number of ether oxygens (including phenoxy) is 1. The molecular weight excluding hydrogens is 532 g/mol. The third-order valence-corrected chi connectivity index (χ3v) is 5.81. The summed E-state index contributed by atoms with van der Waals surface area (Å²) in [5.74, 6) is 0.797. The molecule has 0 radical (unpaired) electrons. The van der Waals surface area contributed by atoms with Gasteiger partial charge in [-0.2, -0.15) is 5.10 Å². The van der Waals surface area contributed by atoms with Crippen LogP contribution in [0.4, 0.5) is 0 Å². The van der Waals surface area contributed by atoms with Crippen molar-refractivity contribution in [3.05, 3.63) is 42.5 Å². The smallest absolute Gasteiger partial charge is 0.148 e. The molecule has 2 rings (SSSR count). The predicted octanol–water partition coefficient (Wildman–Crippen LogP) is 5.74. The molecule has 0 aliphatic carbocycles. The van der Waals surface area contributed by atoms with Gasteiger partial charge < -0.3 is 4.74 Å². The van der Waals surface area contributed by atoms with Crippen LogP contribution in [0.15, 0.2) is 25.6 Å². The molecular formula is C14H14Br4N2O. The van der Waals surface area contributed by atoms with Gasteiger partial charge in [-0.1, -0.05) is 22.9 Å². The molecule has 0 fully saturated rings. The molecule has 0 spiro atoms. The Kier molecular flexibility index (Phi) is 6.35. The lowest BCUT2D eigenvalue weighted by atomic mass is 10.2. The van der Waals surface area contributed by atoms with Gasteiger partial charge in [0, 0.05) is 12.4 Å². The summed E-state index contributed by atoms with van der Waals surface area (Å²) in [6, 6.07) is 4.09. The van der Waals surface area contributed by atoms with E-state index in [4.69, 9.17) is 4.74 Å². The molecule has 0 aliphatic heterocycles. The average molecular weight is 546 g/mol. The van der Waals surface area contributed by atoms with Crippen LogP contribution in [0.2, 0.25) is 0 Å². The van der Waals surface area contributed by atoms with E-state index in [0.29, 0.717) is 6.61 Å². The Balaban J connectivity index is 2.23. The molecule has 0 N–H and O–H groups in total. The van der Waals surface area contributed by atoms with Crippen LogP contribution in [0.1, 0.15) is 23.9 Å². The lowest BCUT2D eigenvalue weighted by Crippen LogP contribution is -2.04. The molecule has 0 aliphatic rings. The molecule has 1 aromatic heterocycles. The molecule has 1 aromatic carbocycles. The van der Waals surface area contributed by atoms with Crippen LogP contribution >= 0.6 is 63.7 Å². The Morgan fingerprint density at radius 1 is 1.19 bits per heavy atom. The third kappa shape index (κ3) is 3.92. The van der Waals surface area contributed by atoms with Crippen LogP contribution in [-0.4, -0.2) is 9.78 Å². The minimum absolute atomic E-state index is 0.453. The molecule has 2 aromatic rings. The highest BCUT2D eigenvalue weighted by molar-refractivity contribution is 9.11. The number of nitrogens with zero attached hydrogens (tertiary/aromatic N) is 2. The average Bonchev–Trinajstić information content (AvgIpc) is 2.72. The van der Waals surface area contributed by atoms with Crippen molar-refractivity contribution in [1.82, 2.24) is 9.78 Å². The quantitative estimate of drug-likeness (QED) is 0.448. The van der Waals surface area contributed by atoms with Crippen molar-refractivity contribution in [3.8, 4) is 5.75 Å². The normalized spacial score (nSPS) is 11.0. The van der Waals surface area contributed by atoms with Crippen molar-refractivity contribution < 1.29 is 4.74 Å². The first-order valence-corrected chi connectivity index (χ1v) is 9.84. The summed E-state index contributed by atoms with van der Waals surface area (Å²) >= 11 is 14.2.